The molecule has 2 heterocycles. The molecule has 4 heteroatoms. The zero-order valence-electron chi connectivity index (χ0n) is 10.9. The van der Waals surface area contributed by atoms with Gasteiger partial charge in [-0.05, 0) is 12.8 Å². The molecule has 1 fully saturated rings. The highest BCUT2D eigenvalue weighted by Gasteiger charge is 2.19. The van der Waals surface area contributed by atoms with Gasteiger partial charge >= 0.3 is 0 Å². The zero-order chi connectivity index (χ0) is 12.8. The molecule has 1 saturated heterocycles. The lowest BCUT2D eigenvalue weighted by Crippen LogP contribution is -2.43. The highest BCUT2D eigenvalue weighted by Crippen LogP contribution is 2.17. The Balaban J connectivity index is 1.68. The van der Waals surface area contributed by atoms with E-state index in [1.54, 1.807) is 11.3 Å². The topological polar surface area (TPSA) is 28.2 Å². The van der Waals surface area contributed by atoms with Crippen LogP contribution in [-0.4, -0.2) is 42.1 Å². The number of aromatic nitrogens is 1. The van der Waals surface area contributed by atoms with E-state index in [-0.39, 0.29) is 0 Å². The lowest BCUT2D eigenvalue weighted by molar-refractivity contribution is 0.217. The fourth-order valence-electron chi connectivity index (χ4n) is 2.33. The van der Waals surface area contributed by atoms with E-state index in [0.29, 0.717) is 12.0 Å². The molecule has 0 bridgehead atoms. The van der Waals surface area contributed by atoms with Gasteiger partial charge in [0, 0.05) is 43.2 Å². The molecular formula is C14H21N3S. The van der Waals surface area contributed by atoms with Crippen molar-refractivity contribution in [3.8, 4) is 12.3 Å². The smallest absolute Gasteiger partial charge is 0.0965 e. The Kier molecular flexibility index (Phi) is 5.18. The minimum Gasteiger partial charge on any atom is -0.313 e. The van der Waals surface area contributed by atoms with Crippen molar-refractivity contribution in [1.29, 1.82) is 0 Å². The van der Waals surface area contributed by atoms with Crippen LogP contribution in [-0.2, 0) is 0 Å². The summed E-state index contributed by atoms with van der Waals surface area (Å²) in [7, 11) is 0. The zero-order valence-corrected chi connectivity index (χ0v) is 11.7. The summed E-state index contributed by atoms with van der Waals surface area (Å²) >= 11 is 1.74. The largest absolute Gasteiger partial charge is 0.313 e. The molecule has 18 heavy (non-hydrogen) atoms. The van der Waals surface area contributed by atoms with E-state index >= 15 is 0 Å². The summed E-state index contributed by atoms with van der Waals surface area (Å²) < 4.78 is 0. The second-order valence-electron chi connectivity index (χ2n) is 4.93. The third-order valence-corrected chi connectivity index (χ3v) is 4.50. The molecule has 3 nitrogen and oxygen atoms in total. The maximum atomic E-state index is 5.33. The Bertz CT molecular complexity index is 374. The molecule has 1 aliphatic heterocycles. The van der Waals surface area contributed by atoms with Gasteiger partial charge in [0.2, 0.25) is 0 Å². The number of terminal acetylenes is 1. The van der Waals surface area contributed by atoms with Crippen LogP contribution in [0, 0.1) is 12.3 Å². The van der Waals surface area contributed by atoms with Crippen LogP contribution in [0.5, 0.6) is 0 Å². The molecule has 0 aromatic carbocycles. The summed E-state index contributed by atoms with van der Waals surface area (Å²) in [5.74, 6) is 3.23. The lowest BCUT2D eigenvalue weighted by atomic mass is 10.0. The van der Waals surface area contributed by atoms with Gasteiger partial charge in [0.25, 0.3) is 0 Å². The monoisotopic (exact) mass is 263 g/mol. The Morgan fingerprint density at radius 3 is 3.00 bits per heavy atom. The summed E-state index contributed by atoms with van der Waals surface area (Å²) in [6.07, 6.45) is 9.62. The normalized spacial score (nSPS) is 19.6. The number of rotatable bonds is 5. The number of likely N-dealkylation sites (tertiary alicyclic amines) is 1. The fraction of sp³-hybridized carbons (Fsp3) is 0.643. The molecule has 0 radical (unpaired) electrons. The molecule has 1 aliphatic rings. The highest BCUT2D eigenvalue weighted by molar-refractivity contribution is 7.09. The summed E-state index contributed by atoms with van der Waals surface area (Å²) in [6, 6.07) is 0.640. The first kappa shape index (κ1) is 13.5. The molecule has 98 valence electrons. The standard InChI is InChI=1S/C14H21N3S/c1-3-7-17-8-4-13(5-9-17)16-11-12(2)14-15-6-10-18-14/h1,6,10,12-13,16H,4-5,7-9,11H2,2H3. The SMILES string of the molecule is C#CCN1CCC(NCC(C)c2nccs2)CC1. The average Bonchev–Trinajstić information content (AvgIpc) is 2.92. The Labute approximate surface area is 114 Å². The minimum absolute atomic E-state index is 0.508. The quantitative estimate of drug-likeness (QED) is 0.823. The van der Waals surface area contributed by atoms with E-state index in [0.717, 1.165) is 26.2 Å². The van der Waals surface area contributed by atoms with Crippen molar-refractivity contribution in [3.63, 3.8) is 0 Å². The summed E-state index contributed by atoms with van der Waals surface area (Å²) in [6.45, 7) is 6.29. The van der Waals surface area contributed by atoms with Crippen LogP contribution >= 0.6 is 11.3 Å². The predicted molar refractivity (Wildman–Crippen MR) is 76.8 cm³/mol. The van der Waals surface area contributed by atoms with Crippen molar-refractivity contribution in [3.05, 3.63) is 16.6 Å². The molecule has 1 N–H and O–H groups in total. The molecule has 0 spiro atoms. The van der Waals surface area contributed by atoms with Crippen molar-refractivity contribution in [2.24, 2.45) is 0 Å². The molecule has 0 aliphatic carbocycles. The van der Waals surface area contributed by atoms with Gasteiger partial charge in [0.1, 0.15) is 0 Å². The number of nitrogens with zero attached hydrogens (tertiary/aromatic N) is 2. The Hall–Kier alpha value is -0.890. The van der Waals surface area contributed by atoms with E-state index in [1.807, 2.05) is 11.6 Å². The number of hydrogen-bond acceptors (Lipinski definition) is 4. The van der Waals surface area contributed by atoms with Crippen LogP contribution in [0.15, 0.2) is 11.6 Å². The predicted octanol–water partition coefficient (Wildman–Crippen LogP) is 1.93. The van der Waals surface area contributed by atoms with E-state index < -0.39 is 0 Å². The first-order valence-corrected chi connectivity index (χ1v) is 7.46. The van der Waals surface area contributed by atoms with Gasteiger partial charge in [0.15, 0.2) is 0 Å². The molecule has 1 unspecified atom stereocenters. The molecule has 0 amide bonds. The van der Waals surface area contributed by atoms with Crippen molar-refractivity contribution >= 4 is 11.3 Å². The Morgan fingerprint density at radius 2 is 2.39 bits per heavy atom. The third-order valence-electron chi connectivity index (χ3n) is 3.49. The van der Waals surface area contributed by atoms with Gasteiger partial charge in [-0.25, -0.2) is 4.98 Å². The fourth-order valence-corrected chi connectivity index (χ4v) is 3.03. The van der Waals surface area contributed by atoms with Gasteiger partial charge in [-0.1, -0.05) is 12.8 Å². The van der Waals surface area contributed by atoms with Crippen LogP contribution in [0.3, 0.4) is 0 Å². The third kappa shape index (κ3) is 3.81. The van der Waals surface area contributed by atoms with Gasteiger partial charge < -0.3 is 5.32 Å². The van der Waals surface area contributed by atoms with E-state index in [9.17, 15) is 0 Å². The van der Waals surface area contributed by atoms with Crippen LogP contribution in [0.1, 0.15) is 30.7 Å². The van der Waals surface area contributed by atoms with Gasteiger partial charge in [-0.2, -0.15) is 0 Å². The molecule has 1 aromatic rings. The van der Waals surface area contributed by atoms with Crippen molar-refractivity contribution in [2.75, 3.05) is 26.2 Å². The average molecular weight is 263 g/mol. The Morgan fingerprint density at radius 1 is 1.61 bits per heavy atom. The molecule has 1 aromatic heterocycles. The van der Waals surface area contributed by atoms with Crippen LogP contribution < -0.4 is 5.32 Å². The lowest BCUT2D eigenvalue weighted by Gasteiger charge is -2.31. The maximum absolute atomic E-state index is 5.33. The van der Waals surface area contributed by atoms with Crippen LogP contribution in [0.4, 0.5) is 0 Å². The summed E-state index contributed by atoms with van der Waals surface area (Å²) in [5, 5.41) is 6.94. The minimum atomic E-state index is 0.508. The number of hydrogen-bond donors (Lipinski definition) is 1. The number of thiazole rings is 1. The number of nitrogens with one attached hydrogen (secondary N) is 1. The summed E-state index contributed by atoms with van der Waals surface area (Å²) in [5.41, 5.74) is 0. The van der Waals surface area contributed by atoms with Gasteiger partial charge in [-0.15, -0.1) is 17.8 Å². The van der Waals surface area contributed by atoms with E-state index in [2.05, 4.69) is 28.0 Å². The van der Waals surface area contributed by atoms with Crippen molar-refractivity contribution in [1.82, 2.24) is 15.2 Å². The first-order valence-electron chi connectivity index (χ1n) is 6.58. The number of piperidine rings is 1. The summed E-state index contributed by atoms with van der Waals surface area (Å²) in [4.78, 5) is 6.71. The van der Waals surface area contributed by atoms with E-state index in [4.69, 9.17) is 6.42 Å². The highest BCUT2D eigenvalue weighted by atomic mass is 32.1. The van der Waals surface area contributed by atoms with E-state index in [1.165, 1.54) is 17.8 Å². The van der Waals surface area contributed by atoms with Crippen LogP contribution in [0.25, 0.3) is 0 Å². The van der Waals surface area contributed by atoms with Gasteiger partial charge in [0.05, 0.1) is 11.6 Å². The molecule has 1 atom stereocenters. The second kappa shape index (κ2) is 6.89. The molecule has 2 rings (SSSR count). The van der Waals surface area contributed by atoms with Crippen LogP contribution in [0.2, 0.25) is 0 Å². The first-order chi connectivity index (χ1) is 8.79. The van der Waals surface area contributed by atoms with Crippen molar-refractivity contribution < 1.29 is 0 Å². The van der Waals surface area contributed by atoms with Crippen molar-refractivity contribution in [2.45, 2.75) is 31.7 Å². The second-order valence-corrected chi connectivity index (χ2v) is 5.86. The van der Waals surface area contributed by atoms with Gasteiger partial charge in [-0.3, -0.25) is 4.90 Å². The molecule has 0 saturated carbocycles. The molecular weight excluding hydrogens is 242 g/mol. The maximum Gasteiger partial charge on any atom is 0.0965 e.